The van der Waals surface area contributed by atoms with Crippen molar-refractivity contribution in [1.82, 2.24) is 15.1 Å². The number of hydrogen-bond donors (Lipinski definition) is 1. The molecular weight excluding hydrogens is 270 g/mol. The normalized spacial score (nSPS) is 16.1. The van der Waals surface area contributed by atoms with E-state index in [1.54, 1.807) is 12.5 Å². The van der Waals surface area contributed by atoms with E-state index in [2.05, 4.69) is 10.2 Å². The summed E-state index contributed by atoms with van der Waals surface area (Å²) >= 11 is 0. The van der Waals surface area contributed by atoms with Crippen molar-refractivity contribution >= 4 is 6.03 Å². The molecule has 0 aliphatic carbocycles. The molecule has 2 aromatic heterocycles. The number of rotatable bonds is 4. The van der Waals surface area contributed by atoms with Gasteiger partial charge in [-0.2, -0.15) is 0 Å². The van der Waals surface area contributed by atoms with Gasteiger partial charge in [-0.3, -0.25) is 4.90 Å². The van der Waals surface area contributed by atoms with Gasteiger partial charge in [0.05, 0.1) is 25.6 Å². The van der Waals surface area contributed by atoms with E-state index in [1.807, 2.05) is 29.2 Å². The third-order valence-corrected chi connectivity index (χ3v) is 3.61. The van der Waals surface area contributed by atoms with Crippen LogP contribution in [0.15, 0.2) is 45.6 Å². The van der Waals surface area contributed by atoms with Gasteiger partial charge in [0, 0.05) is 26.2 Å². The second kappa shape index (κ2) is 6.49. The molecular formula is C15H19N3O3. The Labute approximate surface area is 123 Å². The summed E-state index contributed by atoms with van der Waals surface area (Å²) in [5, 5.41) is 2.87. The minimum atomic E-state index is -0.0379. The van der Waals surface area contributed by atoms with Crippen molar-refractivity contribution in [2.45, 2.75) is 13.1 Å². The van der Waals surface area contributed by atoms with E-state index in [-0.39, 0.29) is 6.03 Å². The van der Waals surface area contributed by atoms with E-state index in [4.69, 9.17) is 8.83 Å². The molecule has 0 spiro atoms. The van der Waals surface area contributed by atoms with Crippen molar-refractivity contribution in [3.8, 4) is 0 Å². The number of carbonyl (C=O) groups is 1. The summed E-state index contributed by atoms with van der Waals surface area (Å²) in [5.41, 5.74) is 0. The van der Waals surface area contributed by atoms with Gasteiger partial charge in [0.2, 0.25) is 0 Å². The molecule has 6 heteroatoms. The van der Waals surface area contributed by atoms with Crippen LogP contribution in [-0.4, -0.2) is 42.0 Å². The van der Waals surface area contributed by atoms with Crippen LogP contribution in [0.1, 0.15) is 11.5 Å². The van der Waals surface area contributed by atoms with Gasteiger partial charge < -0.3 is 19.1 Å². The molecule has 3 heterocycles. The molecule has 0 unspecified atom stereocenters. The van der Waals surface area contributed by atoms with Crippen molar-refractivity contribution in [3.63, 3.8) is 0 Å². The molecule has 0 radical (unpaired) electrons. The largest absolute Gasteiger partial charge is 0.468 e. The van der Waals surface area contributed by atoms with Gasteiger partial charge >= 0.3 is 6.03 Å². The lowest BCUT2D eigenvalue weighted by Gasteiger charge is -2.34. The number of carbonyl (C=O) groups excluding carboxylic acids is 1. The van der Waals surface area contributed by atoms with Gasteiger partial charge in [-0.25, -0.2) is 4.79 Å². The van der Waals surface area contributed by atoms with Crippen LogP contribution < -0.4 is 5.32 Å². The summed E-state index contributed by atoms with van der Waals surface area (Å²) in [4.78, 5) is 16.2. The van der Waals surface area contributed by atoms with Crippen molar-refractivity contribution < 1.29 is 13.6 Å². The highest BCUT2D eigenvalue weighted by atomic mass is 16.3. The number of nitrogens with zero attached hydrogens (tertiary/aromatic N) is 2. The van der Waals surface area contributed by atoms with Crippen LogP contribution in [0.3, 0.4) is 0 Å². The fourth-order valence-electron chi connectivity index (χ4n) is 2.42. The maximum absolute atomic E-state index is 12.1. The first-order chi connectivity index (χ1) is 10.3. The Balaban J connectivity index is 1.41. The molecule has 1 aliphatic heterocycles. The lowest BCUT2D eigenvalue weighted by Crippen LogP contribution is -2.51. The minimum Gasteiger partial charge on any atom is -0.468 e. The molecule has 2 amide bonds. The Morgan fingerprint density at radius 1 is 1.05 bits per heavy atom. The standard InChI is InChI=1S/C15H19N3O3/c19-15(16-11-13-3-1-9-20-13)18-7-5-17(6-8-18)12-14-4-2-10-21-14/h1-4,9-10H,5-8,11-12H2,(H,16,19). The summed E-state index contributed by atoms with van der Waals surface area (Å²) in [7, 11) is 0. The zero-order chi connectivity index (χ0) is 14.5. The van der Waals surface area contributed by atoms with Crippen LogP contribution >= 0.6 is 0 Å². The molecule has 3 rings (SSSR count). The number of amides is 2. The highest BCUT2D eigenvalue weighted by molar-refractivity contribution is 5.74. The van der Waals surface area contributed by atoms with E-state index < -0.39 is 0 Å². The van der Waals surface area contributed by atoms with E-state index in [0.717, 1.165) is 44.2 Å². The van der Waals surface area contributed by atoms with Crippen molar-refractivity contribution in [1.29, 1.82) is 0 Å². The summed E-state index contributed by atoms with van der Waals surface area (Å²) in [6.45, 7) is 4.40. The van der Waals surface area contributed by atoms with Gasteiger partial charge in [-0.05, 0) is 24.3 Å². The molecule has 1 N–H and O–H groups in total. The van der Waals surface area contributed by atoms with E-state index in [1.165, 1.54) is 0 Å². The summed E-state index contributed by atoms with van der Waals surface area (Å²) < 4.78 is 10.5. The summed E-state index contributed by atoms with van der Waals surface area (Å²) in [5.74, 6) is 1.73. The van der Waals surface area contributed by atoms with E-state index in [9.17, 15) is 4.79 Å². The molecule has 0 saturated carbocycles. The lowest BCUT2D eigenvalue weighted by molar-refractivity contribution is 0.129. The van der Waals surface area contributed by atoms with Gasteiger partial charge in [0.15, 0.2) is 0 Å². The Hall–Kier alpha value is -2.21. The fraction of sp³-hybridized carbons (Fsp3) is 0.400. The predicted octanol–water partition coefficient (Wildman–Crippen LogP) is 1.90. The predicted molar refractivity (Wildman–Crippen MR) is 76.5 cm³/mol. The molecule has 1 aliphatic rings. The van der Waals surface area contributed by atoms with Crippen LogP contribution in [0.2, 0.25) is 0 Å². The second-order valence-electron chi connectivity index (χ2n) is 5.08. The zero-order valence-corrected chi connectivity index (χ0v) is 11.8. The average Bonchev–Trinajstić information content (AvgIpc) is 3.19. The molecule has 21 heavy (non-hydrogen) atoms. The molecule has 2 aromatic rings. The smallest absolute Gasteiger partial charge is 0.317 e. The maximum atomic E-state index is 12.1. The van der Waals surface area contributed by atoms with Crippen LogP contribution in [-0.2, 0) is 13.1 Å². The van der Waals surface area contributed by atoms with Gasteiger partial charge in [0.1, 0.15) is 11.5 Å². The number of urea groups is 1. The molecule has 0 bridgehead atoms. The third kappa shape index (κ3) is 3.66. The van der Waals surface area contributed by atoms with Crippen molar-refractivity contribution in [2.75, 3.05) is 26.2 Å². The van der Waals surface area contributed by atoms with Crippen molar-refractivity contribution in [3.05, 3.63) is 48.3 Å². The zero-order valence-electron chi connectivity index (χ0n) is 11.8. The quantitative estimate of drug-likeness (QED) is 0.934. The van der Waals surface area contributed by atoms with E-state index in [0.29, 0.717) is 6.54 Å². The molecule has 0 atom stereocenters. The monoisotopic (exact) mass is 289 g/mol. The first-order valence-corrected chi connectivity index (χ1v) is 7.11. The van der Waals surface area contributed by atoms with Crippen LogP contribution in [0, 0.1) is 0 Å². The second-order valence-corrected chi connectivity index (χ2v) is 5.08. The first-order valence-electron chi connectivity index (χ1n) is 7.11. The van der Waals surface area contributed by atoms with E-state index >= 15 is 0 Å². The summed E-state index contributed by atoms with van der Waals surface area (Å²) in [6, 6.07) is 7.50. The maximum Gasteiger partial charge on any atom is 0.317 e. The number of furan rings is 2. The summed E-state index contributed by atoms with van der Waals surface area (Å²) in [6.07, 6.45) is 3.29. The first kappa shape index (κ1) is 13.8. The molecule has 1 saturated heterocycles. The Bertz CT molecular complexity index is 543. The van der Waals surface area contributed by atoms with Gasteiger partial charge in [0.25, 0.3) is 0 Å². The van der Waals surface area contributed by atoms with Crippen LogP contribution in [0.4, 0.5) is 4.79 Å². The number of nitrogens with one attached hydrogen (secondary N) is 1. The highest BCUT2D eigenvalue weighted by Crippen LogP contribution is 2.09. The molecule has 1 fully saturated rings. The van der Waals surface area contributed by atoms with Gasteiger partial charge in [-0.15, -0.1) is 0 Å². The lowest BCUT2D eigenvalue weighted by atomic mass is 10.3. The fourth-order valence-corrected chi connectivity index (χ4v) is 2.42. The molecule has 0 aromatic carbocycles. The third-order valence-electron chi connectivity index (χ3n) is 3.61. The van der Waals surface area contributed by atoms with Crippen LogP contribution in [0.5, 0.6) is 0 Å². The average molecular weight is 289 g/mol. The van der Waals surface area contributed by atoms with Crippen LogP contribution in [0.25, 0.3) is 0 Å². The highest BCUT2D eigenvalue weighted by Gasteiger charge is 2.21. The molecule has 112 valence electrons. The number of piperazine rings is 1. The molecule has 6 nitrogen and oxygen atoms in total. The van der Waals surface area contributed by atoms with Crippen molar-refractivity contribution in [2.24, 2.45) is 0 Å². The topological polar surface area (TPSA) is 61.9 Å². The van der Waals surface area contributed by atoms with Gasteiger partial charge in [-0.1, -0.05) is 0 Å². The SMILES string of the molecule is O=C(NCc1ccco1)N1CCN(Cc2ccco2)CC1. The Kier molecular flexibility index (Phi) is 4.25. The Morgan fingerprint density at radius 3 is 2.33 bits per heavy atom. The Morgan fingerprint density at radius 2 is 1.71 bits per heavy atom. The number of hydrogen-bond acceptors (Lipinski definition) is 4. The minimum absolute atomic E-state index is 0.0379.